The van der Waals surface area contributed by atoms with Crippen LogP contribution in [0.3, 0.4) is 0 Å². The number of halogens is 2. The number of nitrogens with one attached hydrogen (secondary N) is 1. The second kappa shape index (κ2) is 5.81. The molecular formula is C11H8Cl2N4O2. The van der Waals surface area contributed by atoms with Gasteiger partial charge in [0.1, 0.15) is 12.2 Å². The third-order valence-corrected chi connectivity index (χ3v) is 2.75. The van der Waals surface area contributed by atoms with E-state index in [1.165, 1.54) is 10.9 Å². The zero-order valence-electron chi connectivity index (χ0n) is 9.51. The molecule has 1 N–H and O–H groups in total. The Bertz CT molecular complexity index is 627. The summed E-state index contributed by atoms with van der Waals surface area (Å²) in [5.74, 6) is -0.355. The van der Waals surface area contributed by atoms with Crippen molar-refractivity contribution in [1.29, 1.82) is 0 Å². The number of amides is 1. The van der Waals surface area contributed by atoms with E-state index >= 15 is 0 Å². The standard InChI is InChI=1S/C11H8Cl2N4O2/c12-7-1-2-9(13)10(3-7)14-11(19)5-17-4-8(6-18)15-16-17/h1-4,6H,5H2,(H,14,19). The maximum absolute atomic E-state index is 11.8. The van der Waals surface area contributed by atoms with Crippen LogP contribution < -0.4 is 5.32 Å². The van der Waals surface area contributed by atoms with Crippen molar-refractivity contribution in [1.82, 2.24) is 15.0 Å². The summed E-state index contributed by atoms with van der Waals surface area (Å²) in [4.78, 5) is 22.2. The molecular weight excluding hydrogens is 291 g/mol. The lowest BCUT2D eigenvalue weighted by molar-refractivity contribution is -0.116. The number of carbonyl (C=O) groups is 2. The Morgan fingerprint density at radius 1 is 1.42 bits per heavy atom. The molecule has 0 radical (unpaired) electrons. The number of hydrogen-bond acceptors (Lipinski definition) is 4. The molecule has 1 amide bonds. The molecule has 0 unspecified atom stereocenters. The topological polar surface area (TPSA) is 76.9 Å². The maximum Gasteiger partial charge on any atom is 0.246 e. The highest BCUT2D eigenvalue weighted by atomic mass is 35.5. The van der Waals surface area contributed by atoms with Gasteiger partial charge in [-0.25, -0.2) is 4.68 Å². The van der Waals surface area contributed by atoms with Crippen LogP contribution in [0.1, 0.15) is 10.5 Å². The van der Waals surface area contributed by atoms with Gasteiger partial charge in [0, 0.05) is 5.02 Å². The van der Waals surface area contributed by atoms with Crippen LogP contribution in [0.5, 0.6) is 0 Å². The summed E-state index contributed by atoms with van der Waals surface area (Å²) < 4.78 is 1.25. The third kappa shape index (κ3) is 3.52. The van der Waals surface area contributed by atoms with Crippen molar-refractivity contribution in [3.8, 4) is 0 Å². The first-order chi connectivity index (χ1) is 9.08. The molecule has 0 aliphatic carbocycles. The third-order valence-electron chi connectivity index (χ3n) is 2.19. The van der Waals surface area contributed by atoms with Gasteiger partial charge in [0.25, 0.3) is 0 Å². The normalized spacial score (nSPS) is 10.2. The van der Waals surface area contributed by atoms with Crippen molar-refractivity contribution in [3.63, 3.8) is 0 Å². The molecule has 0 spiro atoms. The summed E-state index contributed by atoms with van der Waals surface area (Å²) in [6.45, 7) is -0.0797. The minimum atomic E-state index is -0.355. The minimum Gasteiger partial charge on any atom is -0.323 e. The van der Waals surface area contributed by atoms with E-state index in [-0.39, 0.29) is 18.1 Å². The van der Waals surface area contributed by atoms with E-state index in [4.69, 9.17) is 23.2 Å². The van der Waals surface area contributed by atoms with E-state index in [9.17, 15) is 9.59 Å². The molecule has 98 valence electrons. The SMILES string of the molecule is O=Cc1cn(CC(=O)Nc2cc(Cl)ccc2Cl)nn1. The van der Waals surface area contributed by atoms with E-state index < -0.39 is 0 Å². The van der Waals surface area contributed by atoms with Gasteiger partial charge in [0.15, 0.2) is 6.29 Å². The van der Waals surface area contributed by atoms with Crippen molar-refractivity contribution < 1.29 is 9.59 Å². The average Bonchev–Trinajstić information content (AvgIpc) is 2.81. The number of anilines is 1. The van der Waals surface area contributed by atoms with E-state index in [1.807, 2.05) is 0 Å². The second-order valence-corrected chi connectivity index (χ2v) is 4.47. The highest BCUT2D eigenvalue weighted by molar-refractivity contribution is 6.35. The Morgan fingerprint density at radius 2 is 2.21 bits per heavy atom. The van der Waals surface area contributed by atoms with Crippen molar-refractivity contribution in [2.24, 2.45) is 0 Å². The fraction of sp³-hybridized carbons (Fsp3) is 0.0909. The van der Waals surface area contributed by atoms with E-state index in [1.54, 1.807) is 18.2 Å². The van der Waals surface area contributed by atoms with Crippen LogP contribution in [0.15, 0.2) is 24.4 Å². The number of aldehydes is 1. The molecule has 19 heavy (non-hydrogen) atoms. The first kappa shape index (κ1) is 13.5. The second-order valence-electron chi connectivity index (χ2n) is 3.63. The summed E-state index contributed by atoms with van der Waals surface area (Å²) in [5.41, 5.74) is 0.573. The molecule has 0 saturated heterocycles. The predicted molar refractivity (Wildman–Crippen MR) is 70.5 cm³/mol. The van der Waals surface area contributed by atoms with Gasteiger partial charge in [0.2, 0.25) is 5.91 Å². The lowest BCUT2D eigenvalue weighted by Gasteiger charge is -2.07. The molecule has 0 aliphatic rings. The molecule has 0 aliphatic heterocycles. The van der Waals surface area contributed by atoms with Crippen LogP contribution in [-0.4, -0.2) is 27.2 Å². The largest absolute Gasteiger partial charge is 0.323 e. The molecule has 1 aromatic carbocycles. The van der Waals surface area contributed by atoms with Gasteiger partial charge in [-0.3, -0.25) is 9.59 Å². The smallest absolute Gasteiger partial charge is 0.246 e. The number of aromatic nitrogens is 3. The maximum atomic E-state index is 11.8. The van der Waals surface area contributed by atoms with Crippen molar-refractivity contribution in [3.05, 3.63) is 40.1 Å². The molecule has 0 saturated carbocycles. The summed E-state index contributed by atoms with van der Waals surface area (Å²) >= 11 is 11.7. The van der Waals surface area contributed by atoms with Crippen LogP contribution in [0.2, 0.25) is 10.0 Å². The Morgan fingerprint density at radius 3 is 2.89 bits per heavy atom. The number of benzene rings is 1. The Balaban J connectivity index is 2.04. The Labute approximate surface area is 118 Å². The fourth-order valence-electron chi connectivity index (χ4n) is 1.37. The molecule has 8 heteroatoms. The highest BCUT2D eigenvalue weighted by Crippen LogP contribution is 2.25. The van der Waals surface area contributed by atoms with Crippen LogP contribution in [-0.2, 0) is 11.3 Å². The average molecular weight is 299 g/mol. The van der Waals surface area contributed by atoms with E-state index in [2.05, 4.69) is 15.6 Å². The van der Waals surface area contributed by atoms with Crippen LogP contribution >= 0.6 is 23.2 Å². The van der Waals surface area contributed by atoms with Crippen LogP contribution in [0.25, 0.3) is 0 Å². The van der Waals surface area contributed by atoms with E-state index in [0.29, 0.717) is 22.0 Å². The monoisotopic (exact) mass is 298 g/mol. The van der Waals surface area contributed by atoms with Gasteiger partial charge in [-0.2, -0.15) is 0 Å². The molecule has 2 rings (SSSR count). The molecule has 1 aromatic heterocycles. The summed E-state index contributed by atoms with van der Waals surface area (Å²) in [6.07, 6.45) is 1.92. The lowest BCUT2D eigenvalue weighted by atomic mass is 10.3. The molecule has 1 heterocycles. The molecule has 6 nitrogen and oxygen atoms in total. The quantitative estimate of drug-likeness (QED) is 0.876. The first-order valence-corrected chi connectivity index (χ1v) is 5.94. The van der Waals surface area contributed by atoms with Gasteiger partial charge in [-0.05, 0) is 18.2 Å². The highest BCUT2D eigenvalue weighted by Gasteiger charge is 2.08. The van der Waals surface area contributed by atoms with Crippen LogP contribution in [0, 0.1) is 0 Å². The fourth-order valence-corrected chi connectivity index (χ4v) is 1.71. The summed E-state index contributed by atoms with van der Waals surface area (Å²) in [5, 5.41) is 10.6. The van der Waals surface area contributed by atoms with Crippen molar-refractivity contribution in [2.45, 2.75) is 6.54 Å². The summed E-state index contributed by atoms with van der Waals surface area (Å²) in [6, 6.07) is 4.74. The van der Waals surface area contributed by atoms with Crippen molar-refractivity contribution in [2.75, 3.05) is 5.32 Å². The number of carbonyl (C=O) groups excluding carboxylic acids is 2. The minimum absolute atomic E-state index is 0.0797. The molecule has 0 fully saturated rings. The molecule has 0 bridgehead atoms. The van der Waals surface area contributed by atoms with Gasteiger partial charge in [-0.15, -0.1) is 5.10 Å². The number of nitrogens with zero attached hydrogens (tertiary/aromatic N) is 3. The number of hydrogen-bond donors (Lipinski definition) is 1. The van der Waals surface area contributed by atoms with Crippen molar-refractivity contribution >= 4 is 41.1 Å². The zero-order chi connectivity index (χ0) is 13.8. The Kier molecular flexibility index (Phi) is 4.13. The van der Waals surface area contributed by atoms with E-state index in [0.717, 1.165) is 0 Å². The predicted octanol–water partition coefficient (Wildman–Crippen LogP) is 2.04. The lowest BCUT2D eigenvalue weighted by Crippen LogP contribution is -2.19. The van der Waals surface area contributed by atoms with Gasteiger partial charge in [0.05, 0.1) is 16.9 Å². The number of rotatable bonds is 4. The Hall–Kier alpha value is -1.92. The van der Waals surface area contributed by atoms with Gasteiger partial charge >= 0.3 is 0 Å². The van der Waals surface area contributed by atoms with Gasteiger partial charge < -0.3 is 5.32 Å². The van der Waals surface area contributed by atoms with Gasteiger partial charge in [-0.1, -0.05) is 28.4 Å². The zero-order valence-corrected chi connectivity index (χ0v) is 11.0. The summed E-state index contributed by atoms with van der Waals surface area (Å²) in [7, 11) is 0. The molecule has 2 aromatic rings. The first-order valence-electron chi connectivity index (χ1n) is 5.18. The van der Waals surface area contributed by atoms with Crippen LogP contribution in [0.4, 0.5) is 5.69 Å². The molecule has 0 atom stereocenters.